The molecule has 112 valence electrons. The lowest BCUT2D eigenvalue weighted by molar-refractivity contribution is -0.145. The molecule has 1 heterocycles. The highest BCUT2D eigenvalue weighted by molar-refractivity contribution is 5.41. The van der Waals surface area contributed by atoms with Crippen molar-refractivity contribution in [3.05, 3.63) is 41.5 Å². The van der Waals surface area contributed by atoms with Crippen molar-refractivity contribution in [2.24, 2.45) is 0 Å². The molecule has 0 fully saturated rings. The van der Waals surface area contributed by atoms with Gasteiger partial charge in [0, 0.05) is 13.1 Å². The molecule has 0 aliphatic heterocycles. The average Bonchev–Trinajstić information content (AvgIpc) is 2.40. The number of halogens is 4. The van der Waals surface area contributed by atoms with E-state index in [1.807, 2.05) is 0 Å². The molecule has 0 aliphatic rings. The molecule has 8 heteroatoms. The van der Waals surface area contributed by atoms with Gasteiger partial charge < -0.3 is 10.1 Å². The molecule has 2 aromatic rings. The topological polar surface area (TPSA) is 47.0 Å². The Morgan fingerprint density at radius 3 is 2.43 bits per heavy atom. The van der Waals surface area contributed by atoms with Crippen molar-refractivity contribution in [3.63, 3.8) is 0 Å². The normalized spacial score (nSPS) is 11.3. The molecule has 1 aromatic carbocycles. The number of rotatable bonds is 3. The minimum atomic E-state index is -4.69. The zero-order chi connectivity index (χ0) is 15.6. The number of alkyl halides is 3. The van der Waals surface area contributed by atoms with E-state index in [0.717, 1.165) is 6.07 Å². The van der Waals surface area contributed by atoms with Crippen LogP contribution in [0.25, 0.3) is 0 Å². The fourth-order valence-corrected chi connectivity index (χ4v) is 1.57. The Kier molecular flexibility index (Phi) is 3.97. The molecule has 21 heavy (non-hydrogen) atoms. The fraction of sp³-hybridized carbons (Fsp3) is 0.231. The summed E-state index contributed by atoms with van der Waals surface area (Å²) >= 11 is 0. The van der Waals surface area contributed by atoms with Gasteiger partial charge in [-0.2, -0.15) is 18.2 Å². The third kappa shape index (κ3) is 3.59. The van der Waals surface area contributed by atoms with Crippen molar-refractivity contribution >= 4 is 5.82 Å². The highest BCUT2D eigenvalue weighted by atomic mass is 19.4. The lowest BCUT2D eigenvalue weighted by Crippen LogP contribution is -2.13. The van der Waals surface area contributed by atoms with Gasteiger partial charge in [0.15, 0.2) is 0 Å². The summed E-state index contributed by atoms with van der Waals surface area (Å²) in [5, 5.41) is 2.50. The highest BCUT2D eigenvalue weighted by Gasteiger charge is 2.35. The molecule has 1 aromatic heterocycles. The first-order valence-electron chi connectivity index (χ1n) is 5.87. The van der Waals surface area contributed by atoms with E-state index < -0.39 is 17.8 Å². The van der Waals surface area contributed by atoms with Crippen LogP contribution in [-0.4, -0.2) is 17.0 Å². The Labute approximate surface area is 117 Å². The zero-order valence-corrected chi connectivity index (χ0v) is 11.1. The van der Waals surface area contributed by atoms with Crippen LogP contribution in [0.3, 0.4) is 0 Å². The minimum absolute atomic E-state index is 0.0351. The van der Waals surface area contributed by atoms with Crippen LogP contribution >= 0.6 is 0 Å². The van der Waals surface area contributed by atoms with Crippen molar-refractivity contribution in [1.29, 1.82) is 0 Å². The molecule has 0 radical (unpaired) electrons. The molecule has 1 N–H and O–H groups in total. The van der Waals surface area contributed by atoms with E-state index in [1.165, 1.54) is 25.2 Å². The largest absolute Gasteiger partial charge is 0.451 e. The second-order valence-corrected chi connectivity index (χ2v) is 4.17. The molecule has 0 saturated heterocycles. The summed E-state index contributed by atoms with van der Waals surface area (Å²) in [6.45, 7) is 1.57. The maximum absolute atomic E-state index is 13.0. The smallest absolute Gasteiger partial charge is 0.439 e. The van der Waals surface area contributed by atoms with Crippen LogP contribution in [0.5, 0.6) is 11.6 Å². The Bertz CT molecular complexity index is 658. The standard InChI is InChI=1S/C13H11F4N3O/c1-7-5-8(14)3-4-9(7)21-11-6-10(18-2)19-12(20-11)13(15,16)17/h3-6H,1-2H3,(H,18,19,20). The molecule has 0 aliphatic carbocycles. The Hall–Kier alpha value is -2.38. The number of benzene rings is 1. The van der Waals surface area contributed by atoms with Crippen molar-refractivity contribution in [2.45, 2.75) is 13.1 Å². The zero-order valence-electron chi connectivity index (χ0n) is 11.1. The summed E-state index contributed by atoms with van der Waals surface area (Å²) in [5.74, 6) is -1.88. The van der Waals surface area contributed by atoms with Gasteiger partial charge >= 0.3 is 6.18 Å². The number of hydrogen-bond donors (Lipinski definition) is 1. The van der Waals surface area contributed by atoms with Gasteiger partial charge in [-0.05, 0) is 30.7 Å². The number of aromatic nitrogens is 2. The van der Waals surface area contributed by atoms with Crippen molar-refractivity contribution in [1.82, 2.24) is 9.97 Å². The molecule has 0 spiro atoms. The maximum atomic E-state index is 13.0. The van der Waals surface area contributed by atoms with Gasteiger partial charge in [-0.3, -0.25) is 0 Å². The summed E-state index contributed by atoms with van der Waals surface area (Å²) in [6.07, 6.45) is -4.69. The molecule has 2 rings (SSSR count). The van der Waals surface area contributed by atoms with E-state index in [2.05, 4.69) is 15.3 Å². The van der Waals surface area contributed by atoms with E-state index in [1.54, 1.807) is 6.92 Å². The molecule has 0 unspecified atom stereocenters. The van der Waals surface area contributed by atoms with Crippen LogP contribution in [-0.2, 0) is 6.18 Å². The monoisotopic (exact) mass is 301 g/mol. The number of ether oxygens (including phenoxy) is 1. The summed E-state index contributed by atoms with van der Waals surface area (Å²) in [4.78, 5) is 6.63. The first-order chi connectivity index (χ1) is 9.79. The third-order valence-electron chi connectivity index (χ3n) is 2.56. The maximum Gasteiger partial charge on any atom is 0.451 e. The Morgan fingerprint density at radius 1 is 1.14 bits per heavy atom. The van der Waals surface area contributed by atoms with Crippen LogP contribution in [0.4, 0.5) is 23.4 Å². The van der Waals surface area contributed by atoms with E-state index in [0.29, 0.717) is 5.56 Å². The van der Waals surface area contributed by atoms with Crippen LogP contribution in [0.1, 0.15) is 11.4 Å². The van der Waals surface area contributed by atoms with Gasteiger partial charge in [0.2, 0.25) is 11.7 Å². The predicted octanol–water partition coefficient (Wildman–Crippen LogP) is 3.78. The van der Waals surface area contributed by atoms with E-state index in [9.17, 15) is 17.6 Å². The summed E-state index contributed by atoms with van der Waals surface area (Å²) in [6, 6.07) is 4.89. The summed E-state index contributed by atoms with van der Waals surface area (Å²) in [7, 11) is 1.43. The minimum Gasteiger partial charge on any atom is -0.439 e. The first kappa shape index (κ1) is 15.0. The molecule has 0 saturated carbocycles. The van der Waals surface area contributed by atoms with Gasteiger partial charge in [0.25, 0.3) is 0 Å². The molecular weight excluding hydrogens is 290 g/mol. The number of anilines is 1. The first-order valence-corrected chi connectivity index (χ1v) is 5.87. The second kappa shape index (κ2) is 5.55. The molecule has 0 atom stereocenters. The van der Waals surface area contributed by atoms with Crippen molar-refractivity contribution in [3.8, 4) is 11.6 Å². The molecular formula is C13H11F4N3O. The van der Waals surface area contributed by atoms with Gasteiger partial charge in [0.1, 0.15) is 17.4 Å². The lowest BCUT2D eigenvalue weighted by atomic mass is 10.2. The number of nitrogens with one attached hydrogen (secondary N) is 1. The Morgan fingerprint density at radius 2 is 1.86 bits per heavy atom. The van der Waals surface area contributed by atoms with Crippen LogP contribution < -0.4 is 10.1 Å². The molecule has 0 amide bonds. The SMILES string of the molecule is CNc1cc(Oc2ccc(F)cc2C)nc(C(F)(F)F)n1. The van der Waals surface area contributed by atoms with Crippen molar-refractivity contribution in [2.75, 3.05) is 12.4 Å². The van der Waals surface area contributed by atoms with Crippen molar-refractivity contribution < 1.29 is 22.3 Å². The highest BCUT2D eigenvalue weighted by Crippen LogP contribution is 2.31. The Balaban J connectivity index is 2.39. The second-order valence-electron chi connectivity index (χ2n) is 4.17. The number of nitrogens with zero attached hydrogens (tertiary/aromatic N) is 2. The van der Waals surface area contributed by atoms with E-state index in [4.69, 9.17) is 4.74 Å². The van der Waals surface area contributed by atoms with Crippen LogP contribution in [0, 0.1) is 12.7 Å². The fourth-order valence-electron chi connectivity index (χ4n) is 1.57. The lowest BCUT2D eigenvalue weighted by Gasteiger charge is -2.12. The molecule has 0 bridgehead atoms. The van der Waals surface area contributed by atoms with Gasteiger partial charge in [0.05, 0.1) is 0 Å². The van der Waals surface area contributed by atoms with Crippen LogP contribution in [0.2, 0.25) is 0 Å². The quantitative estimate of drug-likeness (QED) is 0.877. The third-order valence-corrected chi connectivity index (χ3v) is 2.56. The summed E-state index contributed by atoms with van der Waals surface area (Å²) < 4.78 is 56.4. The van der Waals surface area contributed by atoms with E-state index >= 15 is 0 Å². The summed E-state index contributed by atoms with van der Waals surface area (Å²) in [5.41, 5.74) is 0.438. The van der Waals surface area contributed by atoms with E-state index in [-0.39, 0.29) is 17.4 Å². The predicted molar refractivity (Wildman–Crippen MR) is 67.8 cm³/mol. The number of hydrogen-bond acceptors (Lipinski definition) is 4. The van der Waals surface area contributed by atoms with Gasteiger partial charge in [-0.25, -0.2) is 9.37 Å². The number of aryl methyl sites for hydroxylation is 1. The molecule has 4 nitrogen and oxygen atoms in total. The van der Waals surface area contributed by atoms with Crippen LogP contribution in [0.15, 0.2) is 24.3 Å². The van der Waals surface area contributed by atoms with Gasteiger partial charge in [-0.15, -0.1) is 0 Å². The average molecular weight is 301 g/mol. The van der Waals surface area contributed by atoms with Gasteiger partial charge in [-0.1, -0.05) is 0 Å².